The molecule has 0 bridgehead atoms. The van der Waals surface area contributed by atoms with Gasteiger partial charge in [0, 0.05) is 25.7 Å². The second-order valence-electron chi connectivity index (χ2n) is 6.37. The predicted octanol–water partition coefficient (Wildman–Crippen LogP) is 2.00. The molecule has 128 valence electrons. The van der Waals surface area contributed by atoms with Gasteiger partial charge in [-0.2, -0.15) is 13.2 Å². The van der Waals surface area contributed by atoms with Crippen LogP contribution in [0, 0.1) is 0 Å². The van der Waals surface area contributed by atoms with Gasteiger partial charge in [-0.3, -0.25) is 14.6 Å². The lowest BCUT2D eigenvalue weighted by Crippen LogP contribution is -2.48. The van der Waals surface area contributed by atoms with E-state index in [1.165, 1.54) is 25.7 Å². The van der Waals surface area contributed by atoms with Crippen LogP contribution >= 0.6 is 0 Å². The molecule has 1 aliphatic carbocycles. The molecule has 1 saturated heterocycles. The van der Waals surface area contributed by atoms with E-state index in [9.17, 15) is 18.0 Å². The molecule has 2 aliphatic rings. The van der Waals surface area contributed by atoms with Crippen molar-refractivity contribution in [2.45, 2.75) is 57.3 Å². The predicted molar refractivity (Wildman–Crippen MR) is 78.5 cm³/mol. The highest BCUT2D eigenvalue weighted by Crippen LogP contribution is 2.24. The van der Waals surface area contributed by atoms with Crippen molar-refractivity contribution in [3.8, 4) is 0 Å². The number of alkyl halides is 3. The van der Waals surface area contributed by atoms with Crippen LogP contribution in [-0.4, -0.2) is 66.7 Å². The van der Waals surface area contributed by atoms with Crippen LogP contribution in [0.5, 0.6) is 0 Å². The molecule has 0 unspecified atom stereocenters. The molecule has 1 N–H and O–H groups in total. The highest BCUT2D eigenvalue weighted by Gasteiger charge is 2.31. The third kappa shape index (κ3) is 5.12. The summed E-state index contributed by atoms with van der Waals surface area (Å²) in [5, 5.41) is 1.99. The number of carbonyl (C=O) groups excluding carboxylic acids is 1. The number of hydrogen-bond donors (Lipinski definition) is 1. The van der Waals surface area contributed by atoms with E-state index in [1.54, 1.807) is 6.92 Å². The van der Waals surface area contributed by atoms with E-state index in [4.69, 9.17) is 0 Å². The minimum Gasteiger partial charge on any atom is -0.346 e. The van der Waals surface area contributed by atoms with E-state index in [-0.39, 0.29) is 0 Å². The molecular weight excluding hydrogens is 295 g/mol. The molecule has 0 aromatic carbocycles. The van der Waals surface area contributed by atoms with Gasteiger partial charge in [-0.1, -0.05) is 12.8 Å². The van der Waals surface area contributed by atoms with Crippen molar-refractivity contribution < 1.29 is 18.0 Å². The molecule has 1 heterocycles. The summed E-state index contributed by atoms with van der Waals surface area (Å²) >= 11 is 0. The molecule has 0 aromatic rings. The molecule has 7 heteroatoms. The van der Waals surface area contributed by atoms with Gasteiger partial charge in [-0.15, -0.1) is 0 Å². The van der Waals surface area contributed by atoms with Gasteiger partial charge in [0.05, 0.1) is 6.04 Å². The van der Waals surface area contributed by atoms with Crippen LogP contribution in [0.4, 0.5) is 13.2 Å². The van der Waals surface area contributed by atoms with E-state index in [2.05, 4.69) is 4.90 Å². The average Bonchev–Trinajstić information content (AvgIpc) is 2.88. The van der Waals surface area contributed by atoms with Crippen molar-refractivity contribution in [1.29, 1.82) is 0 Å². The summed E-state index contributed by atoms with van der Waals surface area (Å²) in [6.07, 6.45) is 1.70. The maximum atomic E-state index is 12.2. The first kappa shape index (κ1) is 17.5. The number of nitrogens with one attached hydrogen (secondary N) is 1. The van der Waals surface area contributed by atoms with E-state index in [0.29, 0.717) is 6.04 Å². The molecule has 1 amide bonds. The van der Waals surface area contributed by atoms with Crippen LogP contribution in [0.15, 0.2) is 0 Å². The standard InChI is InChI=1S/C15H26F3N3O/c1-12(14(22)19-11-15(16,17)18)20-7-4-8-21(10-9-20)13-5-2-3-6-13/h12-13H,2-11H2,1H3,(H,19,22)/t12-/m1/s1. The van der Waals surface area contributed by atoms with Crippen molar-refractivity contribution in [3.63, 3.8) is 0 Å². The Morgan fingerprint density at radius 2 is 1.82 bits per heavy atom. The lowest BCUT2D eigenvalue weighted by atomic mass is 10.2. The highest BCUT2D eigenvalue weighted by atomic mass is 19.4. The summed E-state index contributed by atoms with van der Waals surface area (Å²) in [4.78, 5) is 16.4. The van der Waals surface area contributed by atoms with Crippen LogP contribution in [0.25, 0.3) is 0 Å². The summed E-state index contributed by atoms with van der Waals surface area (Å²) in [7, 11) is 0. The quantitative estimate of drug-likeness (QED) is 0.860. The minimum atomic E-state index is -4.35. The molecular formula is C15H26F3N3O. The Balaban J connectivity index is 1.80. The first-order valence-electron chi connectivity index (χ1n) is 8.19. The van der Waals surface area contributed by atoms with Crippen LogP contribution in [0.1, 0.15) is 39.0 Å². The van der Waals surface area contributed by atoms with Gasteiger partial charge in [0.15, 0.2) is 0 Å². The molecule has 0 spiro atoms. The van der Waals surface area contributed by atoms with Gasteiger partial charge in [-0.05, 0) is 32.7 Å². The summed E-state index contributed by atoms with van der Waals surface area (Å²) < 4.78 is 36.5. The van der Waals surface area contributed by atoms with Gasteiger partial charge in [0.2, 0.25) is 5.91 Å². The monoisotopic (exact) mass is 321 g/mol. The fraction of sp³-hybridized carbons (Fsp3) is 0.933. The minimum absolute atomic E-state index is 0.508. The highest BCUT2D eigenvalue weighted by molar-refractivity contribution is 5.81. The van der Waals surface area contributed by atoms with E-state index >= 15 is 0 Å². The molecule has 0 aromatic heterocycles. The molecule has 2 rings (SSSR count). The number of amides is 1. The maximum Gasteiger partial charge on any atom is 0.405 e. The average molecular weight is 321 g/mol. The second kappa shape index (κ2) is 7.64. The topological polar surface area (TPSA) is 35.6 Å². The van der Waals surface area contributed by atoms with Crippen LogP contribution in [0.3, 0.4) is 0 Å². The third-order valence-electron chi connectivity index (χ3n) is 4.80. The SMILES string of the molecule is C[C@H](C(=O)NCC(F)(F)F)N1CCCN(C2CCCC2)CC1. The van der Waals surface area contributed by atoms with E-state index in [0.717, 1.165) is 32.6 Å². The van der Waals surface area contributed by atoms with Crippen molar-refractivity contribution in [2.24, 2.45) is 0 Å². The van der Waals surface area contributed by atoms with Crippen LogP contribution in [0.2, 0.25) is 0 Å². The Hall–Kier alpha value is -0.820. The lowest BCUT2D eigenvalue weighted by molar-refractivity contribution is -0.141. The lowest BCUT2D eigenvalue weighted by Gasteiger charge is -2.29. The molecule has 2 fully saturated rings. The largest absolute Gasteiger partial charge is 0.405 e. The number of halogens is 3. The summed E-state index contributed by atoms with van der Waals surface area (Å²) in [6.45, 7) is 3.88. The molecule has 1 saturated carbocycles. The Morgan fingerprint density at radius 3 is 2.45 bits per heavy atom. The Labute approximate surface area is 130 Å². The Morgan fingerprint density at radius 1 is 1.14 bits per heavy atom. The molecule has 0 radical (unpaired) electrons. The Kier molecular flexibility index (Phi) is 6.09. The normalized spacial score (nSPS) is 24.2. The number of rotatable bonds is 4. The summed E-state index contributed by atoms with van der Waals surface area (Å²) in [6, 6.07) is 0.153. The van der Waals surface area contributed by atoms with Crippen molar-refractivity contribution in [1.82, 2.24) is 15.1 Å². The van der Waals surface area contributed by atoms with Gasteiger partial charge >= 0.3 is 6.18 Å². The van der Waals surface area contributed by atoms with Gasteiger partial charge in [0.1, 0.15) is 6.54 Å². The van der Waals surface area contributed by atoms with Gasteiger partial charge < -0.3 is 5.32 Å². The van der Waals surface area contributed by atoms with Crippen molar-refractivity contribution in [3.05, 3.63) is 0 Å². The molecule has 22 heavy (non-hydrogen) atoms. The smallest absolute Gasteiger partial charge is 0.346 e. The Bertz CT molecular complexity index is 370. The first-order valence-corrected chi connectivity index (χ1v) is 8.19. The van der Waals surface area contributed by atoms with Crippen molar-refractivity contribution in [2.75, 3.05) is 32.7 Å². The zero-order valence-corrected chi connectivity index (χ0v) is 13.2. The maximum absolute atomic E-state index is 12.2. The number of hydrogen-bond acceptors (Lipinski definition) is 3. The fourth-order valence-corrected chi connectivity index (χ4v) is 3.48. The fourth-order valence-electron chi connectivity index (χ4n) is 3.48. The van der Waals surface area contributed by atoms with Crippen LogP contribution < -0.4 is 5.32 Å². The first-order chi connectivity index (χ1) is 10.4. The number of nitrogens with zero attached hydrogens (tertiary/aromatic N) is 2. The van der Waals surface area contributed by atoms with Crippen molar-refractivity contribution >= 4 is 5.91 Å². The zero-order valence-electron chi connectivity index (χ0n) is 13.2. The van der Waals surface area contributed by atoms with E-state index < -0.39 is 24.7 Å². The number of carbonyl (C=O) groups is 1. The second-order valence-corrected chi connectivity index (χ2v) is 6.37. The van der Waals surface area contributed by atoms with Gasteiger partial charge in [0.25, 0.3) is 0 Å². The summed E-state index contributed by atoms with van der Waals surface area (Å²) in [5.41, 5.74) is 0. The zero-order chi connectivity index (χ0) is 16.2. The third-order valence-corrected chi connectivity index (χ3v) is 4.80. The molecule has 1 atom stereocenters. The molecule has 4 nitrogen and oxygen atoms in total. The summed E-state index contributed by atoms with van der Waals surface area (Å²) in [5.74, 6) is -0.536. The van der Waals surface area contributed by atoms with Crippen LogP contribution in [-0.2, 0) is 4.79 Å². The van der Waals surface area contributed by atoms with E-state index in [1.807, 2.05) is 10.2 Å². The molecule has 1 aliphatic heterocycles. The van der Waals surface area contributed by atoms with Gasteiger partial charge in [-0.25, -0.2) is 0 Å².